The molecule has 2 aromatic rings. The fourth-order valence-electron chi connectivity index (χ4n) is 7.63. The SMILES string of the molecule is C=C(C(/C=C\C1=C(CC)CCc2cc(C(=O)NC)ccc2C1(C[C@@H](C)NCC(=O)N1C(C#N)CC2CC21)c1n[nH]c(C)n1)=C/C)N(C)N. The standard InChI is InChI=1S/C37H49N9O2/c1-8-25(23(4)45(7)39)12-14-31-26(9-2)10-11-27-16-28(35(48)40-6)13-15-32(27)37(31,36-42-24(5)43-44-36)19-22(3)41-21-34(47)46-30(20-38)17-29-18-33(29)46/h8,12-16,22,29-30,33,41H,4,9-11,17-19,21,39H2,1-3,5-7H3,(H,40,48)(H,42,43,44)/b14-12-,25-8+/t22-,29?,30?,33?,37?/m1/s1. The van der Waals surface area contributed by atoms with Gasteiger partial charge in [0.1, 0.15) is 11.9 Å². The molecule has 3 aliphatic rings. The first-order valence-electron chi connectivity index (χ1n) is 16.9. The van der Waals surface area contributed by atoms with Crippen LogP contribution >= 0.6 is 0 Å². The normalized spacial score (nSPS) is 24.1. The lowest BCUT2D eigenvalue weighted by Gasteiger charge is -2.38. The zero-order valence-electron chi connectivity index (χ0n) is 29.1. The van der Waals surface area contributed by atoms with Crippen LogP contribution in [0.25, 0.3) is 0 Å². The first-order chi connectivity index (χ1) is 23.0. The molecule has 5 N–H and O–H groups in total. The van der Waals surface area contributed by atoms with Crippen LogP contribution in [0.5, 0.6) is 0 Å². The zero-order chi connectivity index (χ0) is 34.7. The van der Waals surface area contributed by atoms with Gasteiger partial charge in [-0.05, 0) is 99.6 Å². The van der Waals surface area contributed by atoms with Gasteiger partial charge in [-0.25, -0.2) is 10.8 Å². The second kappa shape index (κ2) is 14.3. The summed E-state index contributed by atoms with van der Waals surface area (Å²) in [5, 5.41) is 25.4. The van der Waals surface area contributed by atoms with Crippen molar-refractivity contribution < 1.29 is 9.59 Å². The number of likely N-dealkylation sites (tertiary alicyclic amines) is 1. The monoisotopic (exact) mass is 651 g/mol. The summed E-state index contributed by atoms with van der Waals surface area (Å²) in [5.74, 6) is 7.69. The van der Waals surface area contributed by atoms with Gasteiger partial charge in [0.05, 0.1) is 23.7 Å². The number of H-pyrrole nitrogens is 1. The predicted octanol–water partition coefficient (Wildman–Crippen LogP) is 4.11. The van der Waals surface area contributed by atoms with E-state index in [2.05, 4.69) is 54.4 Å². The van der Waals surface area contributed by atoms with Gasteiger partial charge in [-0.2, -0.15) is 10.4 Å². The van der Waals surface area contributed by atoms with Crippen molar-refractivity contribution in [3.63, 3.8) is 0 Å². The van der Waals surface area contributed by atoms with Crippen LogP contribution in [0.15, 0.2) is 65.4 Å². The van der Waals surface area contributed by atoms with Crippen LogP contribution in [0.1, 0.15) is 86.0 Å². The van der Waals surface area contributed by atoms with Crippen LogP contribution in [0, 0.1) is 24.2 Å². The summed E-state index contributed by atoms with van der Waals surface area (Å²) in [7, 11) is 3.40. The third-order valence-corrected chi connectivity index (χ3v) is 10.3. The van der Waals surface area contributed by atoms with Crippen LogP contribution in [0.4, 0.5) is 0 Å². The van der Waals surface area contributed by atoms with Crippen LogP contribution in [0.3, 0.4) is 0 Å². The van der Waals surface area contributed by atoms with Crippen molar-refractivity contribution in [1.29, 1.82) is 5.26 Å². The molecule has 2 heterocycles. The van der Waals surface area contributed by atoms with Gasteiger partial charge < -0.3 is 20.5 Å². The van der Waals surface area contributed by atoms with E-state index < -0.39 is 5.41 Å². The Hall–Kier alpha value is -4.53. The number of nitrogens with zero attached hydrogens (tertiary/aromatic N) is 5. The van der Waals surface area contributed by atoms with Crippen molar-refractivity contribution in [2.24, 2.45) is 11.8 Å². The van der Waals surface area contributed by atoms with Crippen molar-refractivity contribution in [3.05, 3.63) is 93.8 Å². The molecule has 11 nitrogen and oxygen atoms in total. The molecule has 2 fully saturated rings. The van der Waals surface area contributed by atoms with E-state index >= 15 is 0 Å². The number of carbonyl (C=O) groups excluding carboxylic acids is 2. The molecule has 5 rings (SSSR count). The van der Waals surface area contributed by atoms with Crippen molar-refractivity contribution in [1.82, 2.24) is 35.7 Å². The minimum absolute atomic E-state index is 0.0373. The quantitative estimate of drug-likeness (QED) is 0.152. The van der Waals surface area contributed by atoms with Gasteiger partial charge in [-0.15, -0.1) is 0 Å². The lowest BCUT2D eigenvalue weighted by molar-refractivity contribution is -0.131. The fraction of sp³-hybridized carbons (Fsp3) is 0.486. The van der Waals surface area contributed by atoms with Crippen molar-refractivity contribution in [2.75, 3.05) is 20.6 Å². The number of hydrogen-bond donors (Lipinski definition) is 4. The number of likely N-dealkylation sites (N-methyl/N-ethyl adjacent to an activating group) is 1. The Morgan fingerprint density at radius 1 is 1.33 bits per heavy atom. The van der Waals surface area contributed by atoms with Crippen LogP contribution in [0.2, 0.25) is 0 Å². The summed E-state index contributed by atoms with van der Waals surface area (Å²) in [6.45, 7) is 12.4. The number of nitriles is 1. The van der Waals surface area contributed by atoms with Crippen LogP contribution < -0.4 is 16.5 Å². The number of carbonyl (C=O) groups is 2. The highest BCUT2D eigenvalue weighted by Crippen LogP contribution is 2.49. The number of hydrogen-bond acceptors (Lipinski definition) is 8. The van der Waals surface area contributed by atoms with E-state index in [-0.39, 0.29) is 36.5 Å². The number of aromatic amines is 1. The average molecular weight is 652 g/mol. The molecule has 254 valence electrons. The van der Waals surface area contributed by atoms with Crippen molar-refractivity contribution in [3.8, 4) is 6.07 Å². The van der Waals surface area contributed by atoms with Crippen molar-refractivity contribution in [2.45, 2.75) is 89.8 Å². The van der Waals surface area contributed by atoms with E-state index in [1.807, 2.05) is 38.1 Å². The first-order valence-corrected chi connectivity index (χ1v) is 16.9. The van der Waals surface area contributed by atoms with Gasteiger partial charge in [-0.3, -0.25) is 14.7 Å². The van der Waals surface area contributed by atoms with E-state index in [4.69, 9.17) is 15.9 Å². The summed E-state index contributed by atoms with van der Waals surface area (Å²) in [6.07, 6.45) is 10.8. The van der Waals surface area contributed by atoms with E-state index in [1.165, 1.54) is 10.6 Å². The molecule has 2 amide bonds. The van der Waals surface area contributed by atoms with E-state index in [9.17, 15) is 14.9 Å². The predicted molar refractivity (Wildman–Crippen MR) is 186 cm³/mol. The Morgan fingerprint density at radius 3 is 2.73 bits per heavy atom. The molecular weight excluding hydrogens is 602 g/mol. The zero-order valence-corrected chi connectivity index (χ0v) is 29.1. The van der Waals surface area contributed by atoms with Gasteiger partial charge in [0.15, 0.2) is 5.82 Å². The third-order valence-electron chi connectivity index (χ3n) is 10.3. The largest absolute Gasteiger partial charge is 0.355 e. The van der Waals surface area contributed by atoms with E-state index in [0.717, 1.165) is 54.4 Å². The molecule has 1 aliphatic heterocycles. The number of hydrazine groups is 1. The fourth-order valence-corrected chi connectivity index (χ4v) is 7.63. The molecule has 1 saturated carbocycles. The number of fused-ring (bicyclic) bond motifs is 2. The number of rotatable bonds is 12. The number of nitrogens with two attached hydrogens (primary N) is 1. The van der Waals surface area contributed by atoms with Gasteiger partial charge in [0, 0.05) is 31.7 Å². The minimum Gasteiger partial charge on any atom is -0.355 e. The average Bonchev–Trinajstić information content (AvgIpc) is 3.57. The summed E-state index contributed by atoms with van der Waals surface area (Å²) < 4.78 is 0. The van der Waals surface area contributed by atoms with Crippen LogP contribution in [-0.2, 0) is 16.6 Å². The lowest BCUT2D eigenvalue weighted by Crippen LogP contribution is -2.46. The number of allylic oxidation sites excluding steroid dienone is 5. The maximum atomic E-state index is 13.5. The molecule has 1 aromatic heterocycles. The highest BCUT2D eigenvalue weighted by Gasteiger charge is 2.54. The summed E-state index contributed by atoms with van der Waals surface area (Å²) in [5.41, 5.74) is 5.74. The number of piperidine rings is 1. The number of nitrogens with one attached hydrogen (secondary N) is 3. The first kappa shape index (κ1) is 34.8. The third kappa shape index (κ3) is 6.60. The Bertz CT molecular complexity index is 1710. The van der Waals surface area contributed by atoms with Crippen molar-refractivity contribution >= 4 is 11.8 Å². The van der Waals surface area contributed by atoms with Crippen LogP contribution in [-0.4, -0.2) is 75.7 Å². The Balaban J connectivity index is 1.63. The van der Waals surface area contributed by atoms with E-state index in [1.54, 1.807) is 19.0 Å². The van der Waals surface area contributed by atoms with Gasteiger partial charge in [0.2, 0.25) is 5.91 Å². The molecule has 11 heteroatoms. The number of aromatic nitrogens is 3. The number of aryl methyl sites for hydroxylation is 2. The molecular formula is C37H49N9O2. The van der Waals surface area contributed by atoms with Gasteiger partial charge in [-0.1, -0.05) is 43.4 Å². The smallest absolute Gasteiger partial charge is 0.251 e. The molecule has 5 atom stereocenters. The topological polar surface area (TPSA) is 156 Å². The Kier molecular flexibility index (Phi) is 10.4. The highest BCUT2D eigenvalue weighted by atomic mass is 16.2. The second-order valence-corrected chi connectivity index (χ2v) is 13.3. The second-order valence-electron chi connectivity index (χ2n) is 13.3. The molecule has 1 saturated heterocycles. The molecule has 0 radical (unpaired) electrons. The maximum Gasteiger partial charge on any atom is 0.251 e. The lowest BCUT2D eigenvalue weighted by atomic mass is 9.67. The maximum absolute atomic E-state index is 13.5. The Labute approximate surface area is 284 Å². The molecule has 1 aromatic carbocycles. The summed E-state index contributed by atoms with van der Waals surface area (Å²) in [4.78, 5) is 33.0. The Morgan fingerprint density at radius 2 is 2.10 bits per heavy atom. The molecule has 4 unspecified atom stereocenters. The highest BCUT2D eigenvalue weighted by molar-refractivity contribution is 5.94. The molecule has 0 spiro atoms. The molecule has 48 heavy (non-hydrogen) atoms. The summed E-state index contributed by atoms with van der Waals surface area (Å²) in [6, 6.07) is 7.92. The number of amides is 2. The summed E-state index contributed by atoms with van der Waals surface area (Å²) >= 11 is 0. The van der Waals surface area contributed by atoms with Gasteiger partial charge in [0.25, 0.3) is 5.91 Å². The number of benzene rings is 1. The molecule has 2 aliphatic carbocycles. The minimum atomic E-state index is -0.839. The molecule has 0 bridgehead atoms. The van der Waals surface area contributed by atoms with E-state index in [0.29, 0.717) is 35.2 Å². The van der Waals surface area contributed by atoms with Gasteiger partial charge >= 0.3 is 0 Å².